The number of thioether (sulfide) groups is 1. The zero-order chi connectivity index (χ0) is 15.4. The molecule has 0 heterocycles. The van der Waals surface area contributed by atoms with E-state index in [2.05, 4.69) is 0 Å². The topological polar surface area (TPSA) is 59.0 Å². The summed E-state index contributed by atoms with van der Waals surface area (Å²) in [6.45, 7) is 0. The van der Waals surface area contributed by atoms with Gasteiger partial charge in [-0.25, -0.2) is 8.78 Å². The van der Waals surface area contributed by atoms with Crippen molar-refractivity contribution in [3.63, 3.8) is 0 Å². The van der Waals surface area contributed by atoms with Crippen LogP contribution >= 0.6 is 11.8 Å². The number of benzene rings is 2. The molecule has 0 aliphatic carbocycles. The molecule has 21 heavy (non-hydrogen) atoms. The monoisotopic (exact) mass is 306 g/mol. The zero-order valence-corrected chi connectivity index (χ0v) is 12.0. The number of halogens is 2. The Morgan fingerprint density at radius 1 is 1.24 bits per heavy atom. The minimum absolute atomic E-state index is 0.0468. The molecular formula is C15H12F2N2OS. The number of nitrogens with two attached hydrogens (primary N) is 1. The van der Waals surface area contributed by atoms with E-state index in [1.165, 1.54) is 7.11 Å². The van der Waals surface area contributed by atoms with Crippen LogP contribution < -0.4 is 10.5 Å². The van der Waals surface area contributed by atoms with Gasteiger partial charge in [0.15, 0.2) is 0 Å². The molecule has 0 unspecified atom stereocenters. The highest BCUT2D eigenvalue weighted by atomic mass is 32.2. The fraction of sp³-hybridized carbons (Fsp3) is 0.133. The summed E-state index contributed by atoms with van der Waals surface area (Å²) in [4.78, 5) is -0.0847. The molecule has 0 saturated carbocycles. The fourth-order valence-electron chi connectivity index (χ4n) is 1.81. The maximum absolute atomic E-state index is 13.7. The molecule has 0 aromatic heterocycles. The Kier molecular flexibility index (Phi) is 4.66. The molecule has 0 spiro atoms. The van der Waals surface area contributed by atoms with Crippen LogP contribution in [0.15, 0.2) is 35.2 Å². The largest absolute Gasteiger partial charge is 0.495 e. The van der Waals surface area contributed by atoms with Crippen LogP contribution in [0.5, 0.6) is 5.75 Å². The van der Waals surface area contributed by atoms with Gasteiger partial charge in [0.2, 0.25) is 0 Å². The predicted octanol–water partition coefficient (Wildman–Crippen LogP) is 3.72. The van der Waals surface area contributed by atoms with E-state index in [9.17, 15) is 8.78 Å². The lowest BCUT2D eigenvalue weighted by Gasteiger charge is -2.08. The molecule has 2 N–H and O–H groups in total. The maximum atomic E-state index is 13.7. The number of ether oxygens (including phenoxy) is 1. The highest BCUT2D eigenvalue weighted by Gasteiger charge is 2.12. The number of nitriles is 1. The van der Waals surface area contributed by atoms with Gasteiger partial charge < -0.3 is 10.5 Å². The summed E-state index contributed by atoms with van der Waals surface area (Å²) in [6, 6.07) is 9.23. The van der Waals surface area contributed by atoms with Crippen LogP contribution in [0.1, 0.15) is 11.1 Å². The molecule has 0 saturated heterocycles. The van der Waals surface area contributed by atoms with Gasteiger partial charge in [0.25, 0.3) is 0 Å². The van der Waals surface area contributed by atoms with Crippen molar-refractivity contribution in [2.45, 2.75) is 10.6 Å². The van der Waals surface area contributed by atoms with Crippen LogP contribution in [-0.4, -0.2) is 7.11 Å². The molecule has 0 radical (unpaired) electrons. The second kappa shape index (κ2) is 6.46. The van der Waals surface area contributed by atoms with E-state index in [1.54, 1.807) is 18.2 Å². The van der Waals surface area contributed by atoms with Gasteiger partial charge in [-0.2, -0.15) is 5.26 Å². The van der Waals surface area contributed by atoms with Crippen LogP contribution in [0.3, 0.4) is 0 Å². The van der Waals surface area contributed by atoms with Crippen molar-refractivity contribution in [2.75, 3.05) is 12.8 Å². The molecule has 0 aliphatic rings. The van der Waals surface area contributed by atoms with E-state index in [4.69, 9.17) is 15.7 Å². The Bertz CT molecular complexity index is 690. The molecule has 0 amide bonds. The van der Waals surface area contributed by atoms with Crippen LogP contribution in [0.4, 0.5) is 14.5 Å². The Morgan fingerprint density at radius 3 is 2.48 bits per heavy atom. The minimum atomic E-state index is -0.688. The third-order valence-electron chi connectivity index (χ3n) is 2.79. The first kappa shape index (κ1) is 15.1. The summed E-state index contributed by atoms with van der Waals surface area (Å²) in [7, 11) is 1.48. The van der Waals surface area contributed by atoms with Crippen molar-refractivity contribution >= 4 is 17.4 Å². The Labute approximate surface area is 125 Å². The summed E-state index contributed by atoms with van der Waals surface area (Å²) < 4.78 is 32.4. The van der Waals surface area contributed by atoms with E-state index < -0.39 is 11.6 Å². The van der Waals surface area contributed by atoms with Gasteiger partial charge in [-0.1, -0.05) is 6.07 Å². The van der Waals surface area contributed by atoms with Crippen LogP contribution in [0.2, 0.25) is 0 Å². The van der Waals surface area contributed by atoms with Crippen LogP contribution in [0.25, 0.3) is 0 Å². The van der Waals surface area contributed by atoms with Crippen LogP contribution in [0, 0.1) is 23.0 Å². The summed E-state index contributed by atoms with van der Waals surface area (Å²) >= 11 is 1.01. The van der Waals surface area contributed by atoms with Gasteiger partial charge in [0.05, 0.1) is 17.6 Å². The highest BCUT2D eigenvalue weighted by Crippen LogP contribution is 2.31. The second-order valence-electron chi connectivity index (χ2n) is 4.25. The number of hydrogen-bond donors (Lipinski definition) is 1. The lowest BCUT2D eigenvalue weighted by Crippen LogP contribution is -1.94. The van der Waals surface area contributed by atoms with Gasteiger partial charge >= 0.3 is 0 Å². The quantitative estimate of drug-likeness (QED) is 0.691. The van der Waals surface area contributed by atoms with Crippen molar-refractivity contribution < 1.29 is 13.5 Å². The average Bonchev–Trinajstić information content (AvgIpc) is 2.45. The SMILES string of the molecule is COc1ccc(CSc2c(F)cc(N)cc2F)cc1C#N. The van der Waals surface area contributed by atoms with Gasteiger partial charge in [-0.15, -0.1) is 11.8 Å². The molecule has 108 valence electrons. The molecule has 0 atom stereocenters. The highest BCUT2D eigenvalue weighted by molar-refractivity contribution is 7.98. The molecule has 3 nitrogen and oxygen atoms in total. The molecule has 2 aromatic carbocycles. The number of anilines is 1. The number of rotatable bonds is 4. The van der Waals surface area contributed by atoms with E-state index >= 15 is 0 Å². The van der Waals surface area contributed by atoms with E-state index in [1.807, 2.05) is 6.07 Å². The molecule has 0 bridgehead atoms. The van der Waals surface area contributed by atoms with Gasteiger partial charge in [-0.05, 0) is 29.8 Å². The van der Waals surface area contributed by atoms with Gasteiger partial charge in [-0.3, -0.25) is 0 Å². The number of methoxy groups -OCH3 is 1. The normalized spacial score (nSPS) is 10.2. The molecule has 2 aromatic rings. The van der Waals surface area contributed by atoms with E-state index in [-0.39, 0.29) is 10.6 Å². The summed E-state index contributed by atoms with van der Waals surface area (Å²) in [5.41, 5.74) is 6.57. The third-order valence-corrected chi connectivity index (χ3v) is 3.94. The van der Waals surface area contributed by atoms with Crippen LogP contribution in [-0.2, 0) is 5.75 Å². The fourth-order valence-corrected chi connectivity index (χ4v) is 2.69. The average molecular weight is 306 g/mol. The smallest absolute Gasteiger partial charge is 0.141 e. The third kappa shape index (κ3) is 3.44. The predicted molar refractivity (Wildman–Crippen MR) is 78.0 cm³/mol. The summed E-state index contributed by atoms with van der Waals surface area (Å²) in [5, 5.41) is 9.01. The Morgan fingerprint density at radius 2 is 1.90 bits per heavy atom. The Hall–Kier alpha value is -2.26. The maximum Gasteiger partial charge on any atom is 0.141 e. The molecule has 2 rings (SSSR count). The zero-order valence-electron chi connectivity index (χ0n) is 11.2. The number of hydrogen-bond acceptors (Lipinski definition) is 4. The first-order chi connectivity index (χ1) is 10.0. The Balaban J connectivity index is 2.19. The van der Waals surface area contributed by atoms with Crippen molar-refractivity contribution in [1.82, 2.24) is 0 Å². The lowest BCUT2D eigenvalue weighted by molar-refractivity contribution is 0.413. The van der Waals surface area contributed by atoms with Crippen molar-refractivity contribution in [1.29, 1.82) is 5.26 Å². The van der Waals surface area contributed by atoms with Gasteiger partial charge in [0.1, 0.15) is 23.5 Å². The summed E-state index contributed by atoms with van der Waals surface area (Å²) in [6.07, 6.45) is 0. The second-order valence-corrected chi connectivity index (χ2v) is 5.23. The first-order valence-corrected chi connectivity index (χ1v) is 6.98. The van der Waals surface area contributed by atoms with Crippen molar-refractivity contribution in [2.24, 2.45) is 0 Å². The molecule has 0 aliphatic heterocycles. The van der Waals surface area contributed by atoms with Crippen molar-refractivity contribution in [3.05, 3.63) is 53.1 Å². The standard InChI is InChI=1S/C15H12F2N2OS/c1-20-14-3-2-9(4-10(14)7-18)8-21-15-12(16)5-11(19)6-13(15)17/h2-6H,8,19H2,1H3. The number of nitrogen functional groups attached to an aromatic ring is 1. The minimum Gasteiger partial charge on any atom is -0.495 e. The first-order valence-electron chi connectivity index (χ1n) is 5.99. The van der Waals surface area contributed by atoms with E-state index in [0.717, 1.165) is 29.5 Å². The molecule has 6 heteroatoms. The molecular weight excluding hydrogens is 294 g/mol. The number of nitrogens with zero attached hydrogens (tertiary/aromatic N) is 1. The van der Waals surface area contributed by atoms with E-state index in [0.29, 0.717) is 17.1 Å². The molecule has 0 fully saturated rings. The van der Waals surface area contributed by atoms with Gasteiger partial charge in [0, 0.05) is 11.4 Å². The van der Waals surface area contributed by atoms with Crippen molar-refractivity contribution in [3.8, 4) is 11.8 Å². The lowest BCUT2D eigenvalue weighted by atomic mass is 10.1. The summed E-state index contributed by atoms with van der Waals surface area (Å²) in [5.74, 6) is -0.578.